The summed E-state index contributed by atoms with van der Waals surface area (Å²) in [6, 6.07) is -0.302. The van der Waals surface area contributed by atoms with E-state index in [2.05, 4.69) is 27.8 Å². The van der Waals surface area contributed by atoms with Crippen LogP contribution in [-0.4, -0.2) is 92.2 Å². The second kappa shape index (κ2) is 17.4. The van der Waals surface area contributed by atoms with Gasteiger partial charge in [0.25, 0.3) is 10.0 Å². The van der Waals surface area contributed by atoms with Gasteiger partial charge in [-0.1, -0.05) is 77.5 Å². The number of amides is 5. The Bertz CT molecular complexity index is 1560. The van der Waals surface area contributed by atoms with Crippen LogP contribution in [-0.2, 0) is 24.4 Å². The van der Waals surface area contributed by atoms with Crippen molar-refractivity contribution in [2.24, 2.45) is 22.7 Å². The molecule has 0 aromatic carbocycles. The maximum absolute atomic E-state index is 14.5. The van der Waals surface area contributed by atoms with Crippen LogP contribution < -0.4 is 21.3 Å². The van der Waals surface area contributed by atoms with Crippen LogP contribution in [0.3, 0.4) is 0 Å². The van der Waals surface area contributed by atoms with Crippen LogP contribution in [0.2, 0.25) is 0 Å². The molecule has 1 aromatic rings. The number of carbonyl (C=O) groups is 4. The van der Waals surface area contributed by atoms with Gasteiger partial charge >= 0.3 is 6.03 Å². The minimum absolute atomic E-state index is 0.00714. The normalized spacial score (nSPS) is 19.5. The standard InChI is InChI=1S/C37H58N6O6S2/c1-11-17-38-29(44)22-27(21-25-14-15-25)39-33(45)31-26(20-24(2)3)16-18-43(31)34(46)32(37(7,8)9)41-35(47)40-28(36(4,5)6)23-42(10)51(48,49)30-13-12-19-50-30/h11-15,19-20,25-28,31-32H,1,16-18,21-23H2,2-10H3,(H,38,44)(H,39,45)(H2,40,41,47)/t26-,27?,28-,31+,32-/m1/s1. The summed E-state index contributed by atoms with van der Waals surface area (Å²) >= 11 is 1.12. The van der Waals surface area contributed by atoms with E-state index >= 15 is 0 Å². The number of carbonyl (C=O) groups excluding carboxylic acids is 4. The fourth-order valence-corrected chi connectivity index (χ4v) is 8.52. The summed E-state index contributed by atoms with van der Waals surface area (Å²) < 4.78 is 27.8. The molecule has 51 heavy (non-hydrogen) atoms. The highest BCUT2D eigenvalue weighted by atomic mass is 32.2. The van der Waals surface area contributed by atoms with Crippen LogP contribution in [0.25, 0.3) is 0 Å². The molecule has 1 saturated heterocycles. The molecule has 2 heterocycles. The van der Waals surface area contributed by atoms with Gasteiger partial charge in [0.05, 0.1) is 0 Å². The predicted octanol–water partition coefficient (Wildman–Crippen LogP) is 4.43. The molecule has 0 spiro atoms. The lowest BCUT2D eigenvalue weighted by molar-refractivity contribution is -0.142. The van der Waals surface area contributed by atoms with Crippen LogP contribution in [0.5, 0.6) is 0 Å². The smallest absolute Gasteiger partial charge is 0.315 e. The Morgan fingerprint density at radius 3 is 2.25 bits per heavy atom. The van der Waals surface area contributed by atoms with Gasteiger partial charge in [-0.05, 0) is 54.9 Å². The van der Waals surface area contributed by atoms with Crippen molar-refractivity contribution in [3.63, 3.8) is 0 Å². The molecule has 1 aromatic heterocycles. The number of nitrogens with one attached hydrogen (secondary N) is 4. The highest BCUT2D eigenvalue weighted by molar-refractivity contribution is 7.91. The lowest BCUT2D eigenvalue weighted by Gasteiger charge is -2.38. The van der Waals surface area contributed by atoms with E-state index < -0.39 is 57.0 Å². The fraction of sp³-hybridized carbons (Fsp3) is 0.622. The van der Waals surface area contributed by atoms with E-state index in [-0.39, 0.29) is 40.8 Å². The first-order chi connectivity index (χ1) is 23.6. The molecule has 14 heteroatoms. The summed E-state index contributed by atoms with van der Waals surface area (Å²) in [6.07, 6.45) is 8.87. The number of likely N-dealkylation sites (tertiary alicyclic amines) is 1. The molecule has 1 aliphatic heterocycles. The monoisotopic (exact) mass is 746 g/mol. The van der Waals surface area contributed by atoms with Crippen molar-refractivity contribution in [3.8, 4) is 0 Å². The maximum atomic E-state index is 14.5. The predicted molar refractivity (Wildman–Crippen MR) is 202 cm³/mol. The summed E-state index contributed by atoms with van der Waals surface area (Å²) in [6.45, 7) is 19.4. The Labute approximate surface area is 308 Å². The first kappa shape index (κ1) is 41.9. The zero-order valence-electron chi connectivity index (χ0n) is 31.6. The number of allylic oxidation sites excluding steroid dienone is 3. The summed E-state index contributed by atoms with van der Waals surface area (Å²) in [5.74, 6) is -0.985. The third-order valence-electron chi connectivity index (χ3n) is 9.13. The second-order valence-corrected chi connectivity index (χ2v) is 19.2. The lowest BCUT2D eigenvalue weighted by atomic mass is 9.85. The van der Waals surface area contributed by atoms with E-state index in [1.54, 1.807) is 28.5 Å². The molecule has 5 atom stereocenters. The average molecular weight is 747 g/mol. The van der Waals surface area contributed by atoms with Crippen LogP contribution in [0.4, 0.5) is 4.79 Å². The third-order valence-corrected chi connectivity index (χ3v) is 12.3. The molecule has 1 aliphatic carbocycles. The molecule has 12 nitrogen and oxygen atoms in total. The molecule has 1 fully saturated rings. The van der Waals surface area contributed by atoms with Crippen LogP contribution in [0.15, 0.2) is 58.2 Å². The van der Waals surface area contributed by atoms with Gasteiger partial charge in [-0.2, -0.15) is 4.31 Å². The quantitative estimate of drug-likeness (QED) is 0.184. The molecule has 3 rings (SSSR count). The van der Waals surface area contributed by atoms with E-state index in [1.807, 2.05) is 73.6 Å². The van der Waals surface area contributed by atoms with Crippen molar-refractivity contribution in [1.29, 1.82) is 0 Å². The van der Waals surface area contributed by atoms with E-state index in [9.17, 15) is 27.6 Å². The number of hydrogen-bond acceptors (Lipinski definition) is 7. The number of likely N-dealkylation sites (N-methyl/N-ethyl adjacent to an activating group) is 1. The molecular formula is C37H58N6O6S2. The number of sulfonamides is 1. The van der Waals surface area contributed by atoms with Crippen LogP contribution >= 0.6 is 11.3 Å². The number of nitrogens with zero attached hydrogens (tertiary/aromatic N) is 2. The number of urea groups is 1. The lowest BCUT2D eigenvalue weighted by Crippen LogP contribution is -2.62. The number of thiophene rings is 1. The van der Waals surface area contributed by atoms with Gasteiger partial charge in [0.1, 0.15) is 16.3 Å². The topological polar surface area (TPSA) is 157 Å². The summed E-state index contributed by atoms with van der Waals surface area (Å²) in [5.41, 5.74) is -0.272. The molecule has 0 bridgehead atoms. The zero-order chi connectivity index (χ0) is 38.3. The minimum Gasteiger partial charge on any atom is -0.353 e. The Balaban J connectivity index is 1.83. The van der Waals surface area contributed by atoms with Crippen molar-refractivity contribution in [2.75, 3.05) is 26.7 Å². The zero-order valence-corrected chi connectivity index (χ0v) is 33.2. The minimum atomic E-state index is -3.76. The largest absolute Gasteiger partial charge is 0.353 e. The van der Waals surface area contributed by atoms with Crippen molar-refractivity contribution in [3.05, 3.63) is 54.0 Å². The first-order valence-corrected chi connectivity index (χ1v) is 19.9. The molecule has 4 N–H and O–H groups in total. The van der Waals surface area contributed by atoms with Gasteiger partial charge in [-0.25, -0.2) is 13.2 Å². The number of hydrogen-bond donors (Lipinski definition) is 4. The summed E-state index contributed by atoms with van der Waals surface area (Å²) in [5, 5.41) is 13.4. The van der Waals surface area contributed by atoms with Crippen molar-refractivity contribution >= 4 is 45.1 Å². The van der Waals surface area contributed by atoms with Crippen molar-refractivity contribution in [1.82, 2.24) is 30.5 Å². The Hall–Kier alpha value is -3.49. The van der Waals surface area contributed by atoms with E-state index in [0.29, 0.717) is 25.9 Å². The molecule has 5 amide bonds. The molecule has 0 saturated carbocycles. The first-order valence-electron chi connectivity index (χ1n) is 17.5. The Morgan fingerprint density at radius 1 is 1.06 bits per heavy atom. The van der Waals surface area contributed by atoms with Gasteiger partial charge in [0, 0.05) is 51.1 Å². The van der Waals surface area contributed by atoms with Crippen LogP contribution in [0, 0.1) is 22.7 Å². The molecule has 2 aliphatic rings. The van der Waals surface area contributed by atoms with E-state index in [4.69, 9.17) is 0 Å². The second-order valence-electron chi connectivity index (χ2n) is 16.0. The van der Waals surface area contributed by atoms with Crippen LogP contribution in [0.1, 0.15) is 74.7 Å². The number of rotatable bonds is 16. The van der Waals surface area contributed by atoms with E-state index in [0.717, 1.165) is 16.9 Å². The molecule has 0 radical (unpaired) electrons. The molecule has 284 valence electrons. The SMILES string of the molecule is C=CCNC(=O)CC(CC1C=C1)NC(=O)[C@@H]1[C@@H](C=C(C)C)CCN1C(=O)[C@@H](NC(=O)N[C@H](CN(C)S(=O)(=O)c1cccs1)C(C)(C)C)C(C)(C)C. The Kier molecular flexibility index (Phi) is 14.3. The van der Waals surface area contributed by atoms with Gasteiger partial charge in [-0.3, -0.25) is 14.4 Å². The summed E-state index contributed by atoms with van der Waals surface area (Å²) in [7, 11) is -2.28. The third kappa shape index (κ3) is 12.0. The maximum Gasteiger partial charge on any atom is 0.315 e. The average Bonchev–Trinajstić information content (AvgIpc) is 3.45. The Morgan fingerprint density at radius 2 is 1.73 bits per heavy atom. The summed E-state index contributed by atoms with van der Waals surface area (Å²) in [4.78, 5) is 56.5. The van der Waals surface area contributed by atoms with Crippen molar-refractivity contribution < 1.29 is 27.6 Å². The van der Waals surface area contributed by atoms with Gasteiger partial charge in [0.15, 0.2) is 0 Å². The molecule has 1 unspecified atom stereocenters. The van der Waals surface area contributed by atoms with Crippen molar-refractivity contribution in [2.45, 2.75) is 103 Å². The highest BCUT2D eigenvalue weighted by Crippen LogP contribution is 2.32. The fourth-order valence-electron chi connectivity index (χ4n) is 6.13. The molecular weight excluding hydrogens is 689 g/mol. The van der Waals surface area contributed by atoms with Gasteiger partial charge in [-0.15, -0.1) is 17.9 Å². The van der Waals surface area contributed by atoms with E-state index in [1.165, 1.54) is 11.4 Å². The highest BCUT2D eigenvalue weighted by Gasteiger charge is 2.46. The van der Waals surface area contributed by atoms with Gasteiger partial charge < -0.3 is 26.2 Å². The van der Waals surface area contributed by atoms with Gasteiger partial charge in [0.2, 0.25) is 17.7 Å².